The smallest absolute Gasteiger partial charge is 0.480 e. The van der Waals surface area contributed by atoms with Crippen molar-refractivity contribution in [3.05, 3.63) is 25.3 Å². The molecule has 0 bridgehead atoms. The SMILES string of the molecule is [CH2-]c1ncco1.[K+]. The molecule has 0 aliphatic carbocycles. The Morgan fingerprint density at radius 2 is 2.43 bits per heavy atom. The summed E-state index contributed by atoms with van der Waals surface area (Å²) in [5.41, 5.74) is 0. The van der Waals surface area contributed by atoms with Gasteiger partial charge in [-0.15, -0.1) is 0 Å². The van der Waals surface area contributed by atoms with Gasteiger partial charge in [0.25, 0.3) is 0 Å². The molecular weight excluding hydrogens is 117 g/mol. The number of nitrogens with zero attached hydrogens (tertiary/aromatic N) is 1. The van der Waals surface area contributed by atoms with Gasteiger partial charge in [-0.25, -0.2) is 0 Å². The summed E-state index contributed by atoms with van der Waals surface area (Å²) in [6.45, 7) is 3.40. The standard InChI is InChI=1S/C4H4NO.K/c1-4-5-2-3-6-4;/h2-3H,1H2;/q-1;+1. The molecule has 32 valence electrons. The van der Waals surface area contributed by atoms with Crippen LogP contribution in [0.5, 0.6) is 0 Å². The van der Waals surface area contributed by atoms with Crippen molar-refractivity contribution in [3.8, 4) is 0 Å². The van der Waals surface area contributed by atoms with Crippen LogP contribution in [0.15, 0.2) is 16.9 Å². The first-order valence-electron chi connectivity index (χ1n) is 1.61. The van der Waals surface area contributed by atoms with Gasteiger partial charge in [0.05, 0.1) is 12.1 Å². The van der Waals surface area contributed by atoms with Crippen molar-refractivity contribution < 1.29 is 55.8 Å². The second kappa shape index (κ2) is 3.69. The summed E-state index contributed by atoms with van der Waals surface area (Å²) in [7, 11) is 0. The van der Waals surface area contributed by atoms with E-state index in [0.717, 1.165) is 0 Å². The third kappa shape index (κ3) is 2.51. The third-order valence-electron chi connectivity index (χ3n) is 0.483. The second-order valence-corrected chi connectivity index (χ2v) is 0.926. The van der Waals surface area contributed by atoms with Gasteiger partial charge in [-0.2, -0.15) is 0 Å². The van der Waals surface area contributed by atoms with Crippen LogP contribution in [0.25, 0.3) is 0 Å². The summed E-state index contributed by atoms with van der Waals surface area (Å²) in [5, 5.41) is 0. The maximum atomic E-state index is 4.61. The van der Waals surface area contributed by atoms with E-state index in [1.165, 1.54) is 6.26 Å². The largest absolute Gasteiger partial charge is 1.00 e. The molecule has 1 rings (SSSR count). The van der Waals surface area contributed by atoms with Crippen molar-refractivity contribution in [1.82, 2.24) is 4.98 Å². The van der Waals surface area contributed by atoms with Crippen molar-refractivity contribution in [2.45, 2.75) is 0 Å². The van der Waals surface area contributed by atoms with Gasteiger partial charge in [-0.1, -0.05) is 0 Å². The Morgan fingerprint density at radius 1 is 1.71 bits per heavy atom. The molecule has 0 saturated carbocycles. The number of hydrogen-bond acceptors (Lipinski definition) is 2. The fraction of sp³-hybridized carbons (Fsp3) is 0. The van der Waals surface area contributed by atoms with Crippen LogP contribution in [0.3, 0.4) is 0 Å². The summed E-state index contributed by atoms with van der Waals surface area (Å²) in [6.07, 6.45) is 3.05. The predicted octanol–water partition coefficient (Wildman–Crippen LogP) is -2.14. The molecule has 0 amide bonds. The van der Waals surface area contributed by atoms with Crippen LogP contribution in [0.2, 0.25) is 0 Å². The molecule has 0 atom stereocenters. The van der Waals surface area contributed by atoms with E-state index in [0.29, 0.717) is 5.89 Å². The first-order chi connectivity index (χ1) is 2.89. The van der Waals surface area contributed by atoms with Gasteiger partial charge in [0, 0.05) is 0 Å². The second-order valence-electron chi connectivity index (χ2n) is 0.926. The molecule has 0 spiro atoms. The molecule has 1 heterocycles. The maximum absolute atomic E-state index is 4.61. The van der Waals surface area contributed by atoms with Gasteiger partial charge < -0.3 is 11.3 Å². The van der Waals surface area contributed by atoms with Crippen LogP contribution in [0.4, 0.5) is 0 Å². The summed E-state index contributed by atoms with van der Waals surface area (Å²) in [5.74, 6) is 0.468. The van der Waals surface area contributed by atoms with Crippen LogP contribution in [-0.4, -0.2) is 4.98 Å². The Hall–Kier alpha value is 0.716. The zero-order valence-corrected chi connectivity index (χ0v) is 7.34. The molecule has 0 N–H and O–H groups in total. The topological polar surface area (TPSA) is 26.0 Å². The van der Waals surface area contributed by atoms with E-state index in [1.807, 2.05) is 0 Å². The van der Waals surface area contributed by atoms with E-state index in [9.17, 15) is 0 Å². The fourth-order valence-electron chi connectivity index (χ4n) is 0.253. The minimum Gasteiger partial charge on any atom is -0.480 e. The molecule has 0 aromatic carbocycles. The quantitative estimate of drug-likeness (QED) is 0.289. The van der Waals surface area contributed by atoms with Gasteiger partial charge in [0.2, 0.25) is 0 Å². The van der Waals surface area contributed by atoms with E-state index in [-0.39, 0.29) is 51.4 Å². The van der Waals surface area contributed by atoms with E-state index in [4.69, 9.17) is 0 Å². The summed E-state index contributed by atoms with van der Waals surface area (Å²) < 4.78 is 4.61. The molecule has 0 radical (unpaired) electrons. The Balaban J connectivity index is 0.000000360. The molecule has 0 unspecified atom stereocenters. The fourth-order valence-corrected chi connectivity index (χ4v) is 0.253. The molecule has 0 fully saturated rings. The van der Waals surface area contributed by atoms with Crippen molar-refractivity contribution >= 4 is 0 Å². The van der Waals surface area contributed by atoms with Crippen molar-refractivity contribution in [3.63, 3.8) is 0 Å². The predicted molar refractivity (Wildman–Crippen MR) is 21.0 cm³/mol. The molecule has 3 heteroatoms. The van der Waals surface area contributed by atoms with Crippen LogP contribution in [-0.2, 0) is 0 Å². The van der Waals surface area contributed by atoms with Crippen molar-refractivity contribution in [2.24, 2.45) is 0 Å². The maximum Gasteiger partial charge on any atom is 1.00 e. The number of rotatable bonds is 0. The monoisotopic (exact) mass is 121 g/mol. The van der Waals surface area contributed by atoms with Gasteiger partial charge >= 0.3 is 51.4 Å². The zero-order chi connectivity index (χ0) is 4.41. The van der Waals surface area contributed by atoms with Gasteiger partial charge in [0.1, 0.15) is 6.26 Å². The van der Waals surface area contributed by atoms with Crippen LogP contribution in [0.1, 0.15) is 5.89 Å². The minimum atomic E-state index is 0. The Bertz CT molecular complexity index is 115. The van der Waals surface area contributed by atoms with E-state index < -0.39 is 0 Å². The summed E-state index contributed by atoms with van der Waals surface area (Å²) in [4.78, 5) is 3.64. The molecular formula is C4H4KNO. The molecule has 1 aromatic heterocycles. The number of aromatic nitrogens is 1. The molecule has 2 nitrogen and oxygen atoms in total. The van der Waals surface area contributed by atoms with Gasteiger partial charge in [0.15, 0.2) is 0 Å². The zero-order valence-electron chi connectivity index (χ0n) is 4.22. The van der Waals surface area contributed by atoms with Crippen LogP contribution < -0.4 is 51.4 Å². The van der Waals surface area contributed by atoms with Crippen molar-refractivity contribution in [1.29, 1.82) is 0 Å². The number of hydrogen-bond donors (Lipinski definition) is 0. The molecule has 7 heavy (non-hydrogen) atoms. The summed E-state index contributed by atoms with van der Waals surface area (Å²) >= 11 is 0. The Labute approximate surface area is 84.7 Å². The molecule has 0 aliphatic rings. The van der Waals surface area contributed by atoms with E-state index in [1.54, 1.807) is 6.20 Å². The minimum absolute atomic E-state index is 0. The summed E-state index contributed by atoms with van der Waals surface area (Å²) in [6, 6.07) is 0. The molecule has 1 aromatic rings. The first kappa shape index (κ1) is 7.72. The third-order valence-corrected chi connectivity index (χ3v) is 0.483. The van der Waals surface area contributed by atoms with Gasteiger partial charge in [-0.3, -0.25) is 4.98 Å². The van der Waals surface area contributed by atoms with Gasteiger partial charge in [-0.05, 0) is 0 Å². The average molecular weight is 121 g/mol. The van der Waals surface area contributed by atoms with Crippen LogP contribution >= 0.6 is 0 Å². The van der Waals surface area contributed by atoms with Crippen LogP contribution in [0, 0.1) is 6.92 Å². The Kier molecular flexibility index (Phi) is 4.06. The first-order valence-corrected chi connectivity index (χ1v) is 1.61. The van der Waals surface area contributed by atoms with E-state index in [2.05, 4.69) is 16.3 Å². The normalized spacial score (nSPS) is 7.43. The molecule has 0 aliphatic heterocycles. The number of oxazole rings is 1. The Morgan fingerprint density at radius 3 is 2.57 bits per heavy atom. The molecule has 0 saturated heterocycles. The van der Waals surface area contributed by atoms with Crippen molar-refractivity contribution in [2.75, 3.05) is 0 Å². The van der Waals surface area contributed by atoms with E-state index >= 15 is 0 Å². The average Bonchev–Trinajstić information content (AvgIpc) is 1.86.